The highest BCUT2D eigenvalue weighted by atomic mass is 16.5. The van der Waals surface area contributed by atoms with Crippen LogP contribution in [-0.4, -0.2) is 5.16 Å². The van der Waals surface area contributed by atoms with Gasteiger partial charge in [0.2, 0.25) is 0 Å². The maximum Gasteiger partial charge on any atom is 0.171 e. The molecule has 0 saturated carbocycles. The second-order valence-electron chi connectivity index (χ2n) is 5.07. The number of aromatic nitrogens is 1. The van der Waals surface area contributed by atoms with Crippen LogP contribution in [0.1, 0.15) is 30.7 Å². The Bertz CT molecular complexity index is 512. The van der Waals surface area contributed by atoms with Crippen molar-refractivity contribution in [2.75, 3.05) is 0 Å². The molecule has 0 spiro atoms. The van der Waals surface area contributed by atoms with Crippen LogP contribution in [0.4, 0.5) is 0 Å². The van der Waals surface area contributed by atoms with Gasteiger partial charge in [-0.15, -0.1) is 0 Å². The molecule has 2 N–H and O–H groups in total. The lowest BCUT2D eigenvalue weighted by Gasteiger charge is -2.05. The van der Waals surface area contributed by atoms with E-state index < -0.39 is 0 Å². The lowest BCUT2D eigenvalue weighted by atomic mass is 10.00. The van der Waals surface area contributed by atoms with Crippen LogP contribution in [0.15, 0.2) is 28.8 Å². The molecule has 1 heterocycles. The van der Waals surface area contributed by atoms with E-state index in [0.717, 1.165) is 29.0 Å². The van der Waals surface area contributed by atoms with E-state index in [9.17, 15) is 0 Å². The SMILES string of the molecule is Cc1noc(-c2ccc(CC(C)C)cc2)c1CN. The highest BCUT2D eigenvalue weighted by molar-refractivity contribution is 5.62. The van der Waals surface area contributed by atoms with Crippen LogP contribution in [0.2, 0.25) is 0 Å². The molecule has 0 aliphatic carbocycles. The van der Waals surface area contributed by atoms with E-state index in [2.05, 4.69) is 43.3 Å². The molecule has 0 amide bonds. The lowest BCUT2D eigenvalue weighted by molar-refractivity contribution is 0.426. The number of hydrogen-bond acceptors (Lipinski definition) is 3. The predicted octanol–water partition coefficient (Wildman–Crippen LogP) is 3.31. The van der Waals surface area contributed by atoms with E-state index in [1.807, 2.05) is 6.92 Å². The molecule has 0 atom stereocenters. The van der Waals surface area contributed by atoms with Crippen LogP contribution in [0.3, 0.4) is 0 Å². The fourth-order valence-corrected chi connectivity index (χ4v) is 2.12. The largest absolute Gasteiger partial charge is 0.356 e. The number of hydrogen-bond donors (Lipinski definition) is 1. The third-order valence-electron chi connectivity index (χ3n) is 3.05. The molecule has 0 aliphatic rings. The molecule has 3 nitrogen and oxygen atoms in total. The fourth-order valence-electron chi connectivity index (χ4n) is 2.12. The summed E-state index contributed by atoms with van der Waals surface area (Å²) < 4.78 is 5.36. The van der Waals surface area contributed by atoms with Crippen LogP contribution in [0, 0.1) is 12.8 Å². The van der Waals surface area contributed by atoms with Crippen molar-refractivity contribution in [2.45, 2.75) is 33.7 Å². The van der Waals surface area contributed by atoms with Gasteiger partial charge in [0.05, 0.1) is 5.69 Å². The molecule has 3 heteroatoms. The van der Waals surface area contributed by atoms with E-state index in [0.29, 0.717) is 12.5 Å². The van der Waals surface area contributed by atoms with Crippen molar-refractivity contribution in [3.05, 3.63) is 41.1 Å². The Morgan fingerprint density at radius 2 is 1.89 bits per heavy atom. The predicted molar refractivity (Wildman–Crippen MR) is 73.1 cm³/mol. The maximum absolute atomic E-state index is 5.73. The van der Waals surface area contributed by atoms with Crippen molar-refractivity contribution in [3.8, 4) is 11.3 Å². The molecule has 2 rings (SSSR count). The molecule has 18 heavy (non-hydrogen) atoms. The van der Waals surface area contributed by atoms with Crippen molar-refractivity contribution < 1.29 is 4.52 Å². The smallest absolute Gasteiger partial charge is 0.171 e. The lowest BCUT2D eigenvalue weighted by Crippen LogP contribution is -1.98. The summed E-state index contributed by atoms with van der Waals surface area (Å²) in [5.74, 6) is 1.47. The van der Waals surface area contributed by atoms with Gasteiger partial charge >= 0.3 is 0 Å². The molecule has 96 valence electrons. The van der Waals surface area contributed by atoms with Gasteiger partial charge in [-0.1, -0.05) is 43.3 Å². The molecule has 0 fully saturated rings. The maximum atomic E-state index is 5.73. The van der Waals surface area contributed by atoms with Crippen molar-refractivity contribution in [2.24, 2.45) is 11.7 Å². The average molecular weight is 244 g/mol. The Hall–Kier alpha value is -1.61. The van der Waals surface area contributed by atoms with Crippen LogP contribution in [0.5, 0.6) is 0 Å². The van der Waals surface area contributed by atoms with E-state index in [4.69, 9.17) is 10.3 Å². The first-order valence-electron chi connectivity index (χ1n) is 6.36. The standard InChI is InChI=1S/C15H20N2O/c1-10(2)8-12-4-6-13(7-5-12)15-14(9-16)11(3)17-18-15/h4-7,10H,8-9,16H2,1-3H3. The Balaban J connectivity index is 2.28. The zero-order chi connectivity index (χ0) is 13.1. The van der Waals surface area contributed by atoms with Gasteiger partial charge in [0.1, 0.15) is 0 Å². The summed E-state index contributed by atoms with van der Waals surface area (Å²) >= 11 is 0. The van der Waals surface area contributed by atoms with Crippen LogP contribution < -0.4 is 5.73 Å². The normalized spacial score (nSPS) is 11.2. The Labute approximate surface area is 108 Å². The molecule has 0 saturated heterocycles. The second-order valence-corrected chi connectivity index (χ2v) is 5.07. The first-order valence-corrected chi connectivity index (χ1v) is 6.36. The molecular formula is C15H20N2O. The minimum atomic E-state index is 0.457. The number of benzene rings is 1. The van der Waals surface area contributed by atoms with Crippen LogP contribution in [0.25, 0.3) is 11.3 Å². The van der Waals surface area contributed by atoms with Crippen molar-refractivity contribution in [1.82, 2.24) is 5.16 Å². The molecule has 0 bridgehead atoms. The molecule has 0 aliphatic heterocycles. The number of nitrogens with two attached hydrogens (primary N) is 1. The number of nitrogens with zero attached hydrogens (tertiary/aromatic N) is 1. The molecule has 0 unspecified atom stereocenters. The van der Waals surface area contributed by atoms with Crippen LogP contribution >= 0.6 is 0 Å². The summed E-state index contributed by atoms with van der Waals surface area (Å²) in [5.41, 5.74) is 9.99. The average Bonchev–Trinajstić information content (AvgIpc) is 2.70. The highest BCUT2D eigenvalue weighted by Crippen LogP contribution is 2.26. The molecule has 2 aromatic rings. The Morgan fingerprint density at radius 3 is 2.44 bits per heavy atom. The Morgan fingerprint density at radius 1 is 1.22 bits per heavy atom. The summed E-state index contributed by atoms with van der Waals surface area (Å²) in [6, 6.07) is 8.45. The van der Waals surface area contributed by atoms with Gasteiger partial charge in [0.25, 0.3) is 0 Å². The van der Waals surface area contributed by atoms with Crippen LogP contribution in [-0.2, 0) is 13.0 Å². The number of aryl methyl sites for hydroxylation is 1. The second kappa shape index (κ2) is 5.36. The monoisotopic (exact) mass is 244 g/mol. The minimum Gasteiger partial charge on any atom is -0.356 e. The van der Waals surface area contributed by atoms with Gasteiger partial charge in [0, 0.05) is 17.7 Å². The third kappa shape index (κ3) is 2.62. The van der Waals surface area contributed by atoms with E-state index in [1.54, 1.807) is 0 Å². The summed E-state index contributed by atoms with van der Waals surface area (Å²) in [5, 5.41) is 3.98. The van der Waals surface area contributed by atoms with E-state index in [1.165, 1.54) is 5.56 Å². The fraction of sp³-hybridized carbons (Fsp3) is 0.400. The summed E-state index contributed by atoms with van der Waals surface area (Å²) in [4.78, 5) is 0. The summed E-state index contributed by atoms with van der Waals surface area (Å²) in [7, 11) is 0. The molecular weight excluding hydrogens is 224 g/mol. The molecule has 0 radical (unpaired) electrons. The number of rotatable bonds is 4. The van der Waals surface area contributed by atoms with E-state index in [-0.39, 0.29) is 0 Å². The van der Waals surface area contributed by atoms with Gasteiger partial charge in [-0.05, 0) is 24.8 Å². The van der Waals surface area contributed by atoms with Gasteiger partial charge in [-0.25, -0.2) is 0 Å². The van der Waals surface area contributed by atoms with Gasteiger partial charge < -0.3 is 10.3 Å². The summed E-state index contributed by atoms with van der Waals surface area (Å²) in [6.45, 7) is 6.82. The Kier molecular flexibility index (Phi) is 3.82. The van der Waals surface area contributed by atoms with E-state index >= 15 is 0 Å². The molecule has 1 aromatic carbocycles. The summed E-state index contributed by atoms with van der Waals surface area (Å²) in [6.07, 6.45) is 1.10. The third-order valence-corrected chi connectivity index (χ3v) is 3.05. The first kappa shape index (κ1) is 12.8. The first-order chi connectivity index (χ1) is 8.61. The quantitative estimate of drug-likeness (QED) is 0.897. The van der Waals surface area contributed by atoms with Gasteiger partial charge in [0.15, 0.2) is 5.76 Å². The molecule has 1 aromatic heterocycles. The minimum absolute atomic E-state index is 0.457. The van der Waals surface area contributed by atoms with Crippen molar-refractivity contribution in [1.29, 1.82) is 0 Å². The highest BCUT2D eigenvalue weighted by Gasteiger charge is 2.13. The van der Waals surface area contributed by atoms with Gasteiger partial charge in [-0.3, -0.25) is 0 Å². The van der Waals surface area contributed by atoms with Gasteiger partial charge in [-0.2, -0.15) is 0 Å². The zero-order valence-electron chi connectivity index (χ0n) is 11.2. The zero-order valence-corrected chi connectivity index (χ0v) is 11.2. The van der Waals surface area contributed by atoms with Crippen molar-refractivity contribution in [3.63, 3.8) is 0 Å². The topological polar surface area (TPSA) is 52.0 Å². The van der Waals surface area contributed by atoms with Crippen molar-refractivity contribution >= 4 is 0 Å².